The van der Waals surface area contributed by atoms with Crippen LogP contribution in [0.1, 0.15) is 24.0 Å². The summed E-state index contributed by atoms with van der Waals surface area (Å²) in [6.07, 6.45) is -1.24. The van der Waals surface area contributed by atoms with Gasteiger partial charge in [-0.25, -0.2) is 4.79 Å². The molecule has 0 aromatic heterocycles. The first-order valence-corrected chi connectivity index (χ1v) is 9.45. The number of hydrogen-bond acceptors (Lipinski definition) is 3. The Morgan fingerprint density at radius 1 is 1.15 bits per heavy atom. The van der Waals surface area contributed by atoms with Crippen molar-refractivity contribution in [2.75, 3.05) is 45.9 Å². The van der Waals surface area contributed by atoms with Crippen molar-refractivity contribution in [2.24, 2.45) is 0 Å². The zero-order valence-electron chi connectivity index (χ0n) is 15.3. The summed E-state index contributed by atoms with van der Waals surface area (Å²) in [7, 11) is 0. The van der Waals surface area contributed by atoms with Gasteiger partial charge in [-0.3, -0.25) is 4.90 Å². The predicted octanol–water partition coefficient (Wildman–Crippen LogP) is 2.75. The minimum Gasteiger partial charge on any atom is -0.377 e. The number of rotatable bonds is 5. The van der Waals surface area contributed by atoms with Gasteiger partial charge in [0.2, 0.25) is 0 Å². The summed E-state index contributed by atoms with van der Waals surface area (Å²) in [5.74, 6) is 0. The van der Waals surface area contributed by atoms with Crippen LogP contribution in [0.25, 0.3) is 0 Å². The van der Waals surface area contributed by atoms with Crippen molar-refractivity contribution in [1.29, 1.82) is 0 Å². The lowest BCUT2D eigenvalue weighted by atomic mass is 10.1. The van der Waals surface area contributed by atoms with Gasteiger partial charge in [-0.1, -0.05) is 12.1 Å². The van der Waals surface area contributed by atoms with Gasteiger partial charge in [0.15, 0.2) is 0 Å². The molecule has 1 aromatic rings. The van der Waals surface area contributed by atoms with Crippen LogP contribution in [-0.4, -0.2) is 67.8 Å². The molecule has 0 spiro atoms. The fourth-order valence-corrected chi connectivity index (χ4v) is 3.50. The second-order valence-electron chi connectivity index (χ2n) is 7.10. The Bertz CT molecular complexity index is 608. The Balaban J connectivity index is 1.35. The van der Waals surface area contributed by atoms with Crippen molar-refractivity contribution < 1.29 is 22.7 Å². The zero-order chi connectivity index (χ0) is 19.3. The first-order chi connectivity index (χ1) is 12.9. The van der Waals surface area contributed by atoms with E-state index in [9.17, 15) is 18.0 Å². The van der Waals surface area contributed by atoms with Crippen LogP contribution in [0.15, 0.2) is 24.3 Å². The van der Waals surface area contributed by atoms with Gasteiger partial charge in [-0.05, 0) is 37.0 Å². The number of benzene rings is 1. The van der Waals surface area contributed by atoms with E-state index in [2.05, 4.69) is 10.2 Å². The molecule has 3 rings (SSSR count). The molecule has 0 aliphatic carbocycles. The smallest absolute Gasteiger partial charge is 0.377 e. The normalized spacial score (nSPS) is 21.4. The van der Waals surface area contributed by atoms with Crippen LogP contribution >= 0.6 is 0 Å². The Morgan fingerprint density at radius 2 is 1.85 bits per heavy atom. The SMILES string of the molecule is O=C(NCCc1ccc(C(F)(F)F)cc1)N1CCN(CC2CCCO2)CC1. The van der Waals surface area contributed by atoms with Crippen LogP contribution in [-0.2, 0) is 17.3 Å². The molecule has 2 saturated heterocycles. The molecule has 1 aromatic carbocycles. The molecule has 1 unspecified atom stereocenters. The van der Waals surface area contributed by atoms with Crippen LogP contribution in [0.2, 0.25) is 0 Å². The van der Waals surface area contributed by atoms with Crippen molar-refractivity contribution >= 4 is 6.03 Å². The highest BCUT2D eigenvalue weighted by molar-refractivity contribution is 5.74. The molecule has 2 aliphatic rings. The molecule has 2 amide bonds. The molecule has 2 heterocycles. The third-order valence-corrected chi connectivity index (χ3v) is 5.12. The minimum absolute atomic E-state index is 0.112. The number of carbonyl (C=O) groups is 1. The minimum atomic E-state index is -4.32. The number of carbonyl (C=O) groups excluding carboxylic acids is 1. The Kier molecular flexibility index (Phi) is 6.59. The summed E-state index contributed by atoms with van der Waals surface area (Å²) in [4.78, 5) is 16.4. The fraction of sp³-hybridized carbons (Fsp3) is 0.632. The topological polar surface area (TPSA) is 44.8 Å². The van der Waals surface area contributed by atoms with E-state index in [-0.39, 0.29) is 6.03 Å². The highest BCUT2D eigenvalue weighted by atomic mass is 19.4. The maximum atomic E-state index is 12.6. The van der Waals surface area contributed by atoms with Crippen molar-refractivity contribution in [3.8, 4) is 0 Å². The molecular weight excluding hydrogens is 359 g/mol. The molecule has 27 heavy (non-hydrogen) atoms. The Hall–Kier alpha value is -1.80. The molecule has 150 valence electrons. The van der Waals surface area contributed by atoms with E-state index in [4.69, 9.17) is 4.74 Å². The maximum Gasteiger partial charge on any atom is 0.416 e. The molecular formula is C19H26F3N3O2. The highest BCUT2D eigenvalue weighted by Crippen LogP contribution is 2.29. The number of alkyl halides is 3. The van der Waals surface area contributed by atoms with Crippen molar-refractivity contribution in [1.82, 2.24) is 15.1 Å². The summed E-state index contributed by atoms with van der Waals surface area (Å²) in [5.41, 5.74) is 0.112. The van der Waals surface area contributed by atoms with Gasteiger partial charge in [-0.15, -0.1) is 0 Å². The number of halogens is 3. The third-order valence-electron chi connectivity index (χ3n) is 5.12. The predicted molar refractivity (Wildman–Crippen MR) is 95.5 cm³/mol. The van der Waals surface area contributed by atoms with Gasteiger partial charge in [0, 0.05) is 45.9 Å². The van der Waals surface area contributed by atoms with Gasteiger partial charge in [0.1, 0.15) is 0 Å². The highest BCUT2D eigenvalue weighted by Gasteiger charge is 2.30. The first kappa shape index (κ1) is 19.9. The van der Waals surface area contributed by atoms with Crippen LogP contribution in [0.5, 0.6) is 0 Å². The number of nitrogens with one attached hydrogen (secondary N) is 1. The van der Waals surface area contributed by atoms with Crippen molar-refractivity contribution in [2.45, 2.75) is 31.5 Å². The first-order valence-electron chi connectivity index (χ1n) is 9.45. The van der Waals surface area contributed by atoms with Crippen LogP contribution < -0.4 is 5.32 Å². The summed E-state index contributed by atoms with van der Waals surface area (Å²) >= 11 is 0. The number of amides is 2. The quantitative estimate of drug-likeness (QED) is 0.848. The summed E-state index contributed by atoms with van der Waals surface area (Å²) in [5, 5.41) is 2.86. The number of urea groups is 1. The van der Waals surface area contributed by atoms with E-state index in [1.807, 2.05) is 0 Å². The number of ether oxygens (including phenoxy) is 1. The van der Waals surface area contributed by atoms with Gasteiger partial charge in [-0.2, -0.15) is 13.2 Å². The summed E-state index contributed by atoms with van der Waals surface area (Å²) in [6.45, 7) is 5.23. The van der Waals surface area contributed by atoms with E-state index < -0.39 is 11.7 Å². The fourth-order valence-electron chi connectivity index (χ4n) is 3.50. The second-order valence-corrected chi connectivity index (χ2v) is 7.10. The summed E-state index contributed by atoms with van der Waals surface area (Å²) in [6, 6.07) is 4.95. The van der Waals surface area contributed by atoms with E-state index >= 15 is 0 Å². The summed E-state index contributed by atoms with van der Waals surface area (Å²) < 4.78 is 43.3. The maximum absolute atomic E-state index is 12.6. The molecule has 1 atom stereocenters. The van der Waals surface area contributed by atoms with E-state index in [1.165, 1.54) is 12.1 Å². The average Bonchev–Trinajstić information content (AvgIpc) is 3.15. The van der Waals surface area contributed by atoms with Gasteiger partial charge in [0.05, 0.1) is 11.7 Å². The van der Waals surface area contributed by atoms with Gasteiger partial charge in [0.25, 0.3) is 0 Å². The number of hydrogen-bond donors (Lipinski definition) is 1. The average molecular weight is 385 g/mol. The largest absolute Gasteiger partial charge is 0.416 e. The van der Waals surface area contributed by atoms with Gasteiger partial charge >= 0.3 is 12.2 Å². The van der Waals surface area contributed by atoms with Gasteiger partial charge < -0.3 is 15.0 Å². The molecule has 0 saturated carbocycles. The van der Waals surface area contributed by atoms with Crippen molar-refractivity contribution in [3.63, 3.8) is 0 Å². The molecule has 0 radical (unpaired) electrons. The number of piperazine rings is 1. The lowest BCUT2D eigenvalue weighted by molar-refractivity contribution is -0.137. The number of nitrogens with zero attached hydrogens (tertiary/aromatic N) is 2. The van der Waals surface area contributed by atoms with E-state index in [0.29, 0.717) is 32.2 Å². The zero-order valence-corrected chi connectivity index (χ0v) is 15.3. The molecule has 8 heteroatoms. The van der Waals surface area contributed by atoms with Crippen molar-refractivity contribution in [3.05, 3.63) is 35.4 Å². The molecule has 2 fully saturated rings. The van der Waals surface area contributed by atoms with E-state index in [1.54, 1.807) is 4.90 Å². The Morgan fingerprint density at radius 3 is 2.44 bits per heavy atom. The molecule has 2 aliphatic heterocycles. The van der Waals surface area contributed by atoms with Crippen LogP contribution in [0.3, 0.4) is 0 Å². The lowest BCUT2D eigenvalue weighted by Crippen LogP contribution is -2.53. The standard InChI is InChI=1S/C19H26F3N3O2/c20-19(21,22)16-5-3-15(4-6-16)7-8-23-18(26)25-11-9-24(10-12-25)14-17-2-1-13-27-17/h3-6,17H,1-2,7-14H2,(H,23,26). The second kappa shape index (κ2) is 8.93. The van der Waals surface area contributed by atoms with E-state index in [0.717, 1.165) is 56.8 Å². The Labute approximate surface area is 157 Å². The molecule has 0 bridgehead atoms. The van der Waals surface area contributed by atoms with Crippen LogP contribution in [0.4, 0.5) is 18.0 Å². The monoisotopic (exact) mass is 385 g/mol. The third kappa shape index (κ3) is 5.84. The van der Waals surface area contributed by atoms with Crippen LogP contribution in [0, 0.1) is 0 Å². The molecule has 1 N–H and O–H groups in total. The lowest BCUT2D eigenvalue weighted by Gasteiger charge is -2.35. The molecule has 5 nitrogen and oxygen atoms in total.